The molecule has 1 unspecified atom stereocenters. The molecule has 0 amide bonds. The molecule has 0 fully saturated rings. The number of ether oxygens (including phenoxy) is 4. The van der Waals surface area contributed by atoms with Gasteiger partial charge in [0.15, 0.2) is 0 Å². The Morgan fingerprint density at radius 1 is 0.775 bits per heavy atom. The molecule has 0 radical (unpaired) electrons. The van der Waals surface area contributed by atoms with Crippen LogP contribution in [0.15, 0.2) is 42.5 Å². The number of benzene rings is 2. The van der Waals surface area contributed by atoms with Gasteiger partial charge in [0.1, 0.15) is 29.1 Å². The number of carbonyl (C=O) groups excluding carboxylic acids is 3. The largest absolute Gasteiger partial charge is 0.497 e. The van der Waals surface area contributed by atoms with Gasteiger partial charge in [-0.25, -0.2) is 0 Å². The van der Waals surface area contributed by atoms with Crippen LogP contribution in [0.25, 0.3) is 6.08 Å². The van der Waals surface area contributed by atoms with E-state index in [1.54, 1.807) is 36.4 Å². The summed E-state index contributed by atoms with van der Waals surface area (Å²) in [5.41, 5.74) is 0.852. The highest BCUT2D eigenvalue weighted by atomic mass is 16.5. The Balaban J connectivity index is 2.05. The molecule has 0 heterocycles. The first-order valence-electron chi connectivity index (χ1n) is 14.0. The number of aliphatic hydroxyl groups excluding tert-OH is 1. The van der Waals surface area contributed by atoms with Crippen molar-refractivity contribution in [3.05, 3.63) is 53.6 Å². The van der Waals surface area contributed by atoms with Crippen molar-refractivity contribution in [2.45, 2.75) is 91.1 Å². The van der Waals surface area contributed by atoms with E-state index in [0.29, 0.717) is 23.3 Å². The molecule has 0 spiro atoms. The van der Waals surface area contributed by atoms with Crippen LogP contribution in [0.2, 0.25) is 0 Å². The van der Waals surface area contributed by atoms with Gasteiger partial charge in [-0.15, -0.1) is 0 Å². The lowest BCUT2D eigenvalue weighted by Crippen LogP contribution is -2.10. The Kier molecular flexibility index (Phi) is 14.5. The first-order valence-corrected chi connectivity index (χ1v) is 14.0. The molecule has 218 valence electrons. The minimum atomic E-state index is -1.14. The van der Waals surface area contributed by atoms with Gasteiger partial charge in [0.25, 0.3) is 0 Å². The lowest BCUT2D eigenvalue weighted by molar-refractivity contribution is -0.135. The van der Waals surface area contributed by atoms with Crippen molar-refractivity contribution in [3.63, 3.8) is 0 Å². The van der Waals surface area contributed by atoms with Gasteiger partial charge in [-0.1, -0.05) is 70.4 Å². The van der Waals surface area contributed by atoms with Crippen LogP contribution in [0.3, 0.4) is 0 Å². The molecular formula is C32H42O8. The van der Waals surface area contributed by atoms with Crippen molar-refractivity contribution in [1.82, 2.24) is 0 Å². The van der Waals surface area contributed by atoms with Crippen LogP contribution in [0.1, 0.15) is 102 Å². The number of aliphatic hydroxyl groups is 1. The molecule has 8 nitrogen and oxygen atoms in total. The number of unbranched alkanes of at least 4 members (excludes halogenated alkanes) is 8. The highest BCUT2D eigenvalue weighted by Gasteiger charge is 2.16. The Hall–Kier alpha value is -3.65. The predicted octanol–water partition coefficient (Wildman–Crippen LogP) is 7.12. The molecule has 2 aromatic rings. The fourth-order valence-corrected chi connectivity index (χ4v) is 4.15. The topological polar surface area (TPSA) is 108 Å². The van der Waals surface area contributed by atoms with E-state index >= 15 is 0 Å². The molecule has 1 atom stereocenters. The van der Waals surface area contributed by atoms with Crippen LogP contribution in [0.4, 0.5) is 0 Å². The fraction of sp³-hybridized carbons (Fsp3) is 0.469. The number of rotatable bonds is 17. The molecule has 0 aliphatic heterocycles. The highest BCUT2D eigenvalue weighted by molar-refractivity contribution is 5.74. The van der Waals surface area contributed by atoms with Crippen molar-refractivity contribution in [1.29, 1.82) is 0 Å². The van der Waals surface area contributed by atoms with Crippen molar-refractivity contribution in [3.8, 4) is 23.0 Å². The summed E-state index contributed by atoms with van der Waals surface area (Å²) in [4.78, 5) is 35.4. The molecule has 2 aromatic carbocycles. The van der Waals surface area contributed by atoms with E-state index < -0.39 is 18.0 Å². The van der Waals surface area contributed by atoms with E-state index in [2.05, 4.69) is 6.92 Å². The van der Waals surface area contributed by atoms with Gasteiger partial charge in [0.05, 0.1) is 7.11 Å². The number of hydrogen-bond donors (Lipinski definition) is 1. The zero-order valence-corrected chi connectivity index (χ0v) is 24.1. The maximum absolute atomic E-state index is 12.6. The maximum Gasteiger partial charge on any atom is 0.311 e. The predicted molar refractivity (Wildman–Crippen MR) is 154 cm³/mol. The van der Waals surface area contributed by atoms with Crippen LogP contribution in [-0.2, 0) is 14.4 Å². The second kappa shape index (κ2) is 17.8. The molecule has 8 heteroatoms. The van der Waals surface area contributed by atoms with Gasteiger partial charge in [-0.2, -0.15) is 0 Å². The standard InChI is InChI=1S/C32H42O8/c1-5-6-7-8-9-10-11-12-13-14-32(36)40-31-21-26(37-4)18-19-28(31)29(35)20-16-25-15-17-27(38-23(2)33)22-30(25)39-24(3)34/h15-22,29,35H,5-14H2,1-4H3. The van der Waals surface area contributed by atoms with Crippen LogP contribution in [0, 0.1) is 0 Å². The third-order valence-corrected chi connectivity index (χ3v) is 6.21. The Morgan fingerprint density at radius 3 is 2.00 bits per heavy atom. The van der Waals surface area contributed by atoms with Crippen molar-refractivity contribution >= 4 is 24.0 Å². The van der Waals surface area contributed by atoms with Crippen LogP contribution >= 0.6 is 0 Å². The highest BCUT2D eigenvalue weighted by Crippen LogP contribution is 2.33. The average molecular weight is 555 g/mol. The lowest BCUT2D eigenvalue weighted by Gasteiger charge is -2.15. The maximum atomic E-state index is 12.6. The number of esters is 3. The van der Waals surface area contributed by atoms with Gasteiger partial charge in [-0.05, 0) is 30.7 Å². The zero-order chi connectivity index (χ0) is 29.3. The van der Waals surface area contributed by atoms with Gasteiger partial charge in [0.2, 0.25) is 0 Å². The summed E-state index contributed by atoms with van der Waals surface area (Å²) in [6.07, 6.45) is 12.5. The number of methoxy groups -OCH3 is 1. The van der Waals surface area contributed by atoms with E-state index in [4.69, 9.17) is 18.9 Å². The monoisotopic (exact) mass is 554 g/mol. The molecule has 0 aliphatic carbocycles. The van der Waals surface area contributed by atoms with Gasteiger partial charge >= 0.3 is 17.9 Å². The molecular weight excluding hydrogens is 512 g/mol. The third-order valence-electron chi connectivity index (χ3n) is 6.21. The van der Waals surface area contributed by atoms with Gasteiger partial charge in [0, 0.05) is 43.5 Å². The smallest absolute Gasteiger partial charge is 0.311 e. The fourth-order valence-electron chi connectivity index (χ4n) is 4.15. The average Bonchev–Trinajstić information content (AvgIpc) is 2.90. The first kappa shape index (κ1) is 32.6. The summed E-state index contributed by atoms with van der Waals surface area (Å²) in [5, 5.41) is 10.9. The van der Waals surface area contributed by atoms with Gasteiger partial charge in [-0.3, -0.25) is 14.4 Å². The van der Waals surface area contributed by atoms with Crippen molar-refractivity contribution < 1.29 is 38.4 Å². The molecule has 0 bridgehead atoms. The molecule has 0 saturated heterocycles. The second-order valence-corrected chi connectivity index (χ2v) is 9.65. The molecule has 0 saturated carbocycles. The van der Waals surface area contributed by atoms with Gasteiger partial charge < -0.3 is 24.1 Å². The summed E-state index contributed by atoms with van der Waals surface area (Å²) in [7, 11) is 1.51. The third kappa shape index (κ3) is 12.0. The Labute approximate surface area is 237 Å². The normalized spacial score (nSPS) is 11.7. The second-order valence-electron chi connectivity index (χ2n) is 9.65. The van der Waals surface area contributed by atoms with E-state index in [1.807, 2.05) is 0 Å². The molecule has 2 rings (SSSR count). The minimum absolute atomic E-state index is 0.164. The quantitative estimate of drug-likeness (QED) is 0.125. The van der Waals surface area contributed by atoms with Crippen LogP contribution in [-0.4, -0.2) is 30.1 Å². The SMILES string of the molecule is CCCCCCCCCCCC(=O)Oc1cc(OC)ccc1C(O)C=Cc1ccc(OC(C)=O)cc1OC(C)=O. The summed E-state index contributed by atoms with van der Waals surface area (Å²) in [6.45, 7) is 4.74. The molecule has 0 aromatic heterocycles. The zero-order valence-electron chi connectivity index (χ0n) is 24.1. The Morgan fingerprint density at radius 2 is 1.38 bits per heavy atom. The summed E-state index contributed by atoms with van der Waals surface area (Å²) < 4.78 is 21.2. The molecule has 0 aliphatic rings. The number of hydrogen-bond acceptors (Lipinski definition) is 8. The van der Waals surface area contributed by atoms with Crippen molar-refractivity contribution in [2.24, 2.45) is 0 Å². The van der Waals surface area contributed by atoms with E-state index in [9.17, 15) is 19.5 Å². The molecule has 1 N–H and O–H groups in total. The van der Waals surface area contributed by atoms with E-state index in [1.165, 1.54) is 71.6 Å². The summed E-state index contributed by atoms with van der Waals surface area (Å²) in [5.74, 6) is -0.341. The number of carbonyl (C=O) groups is 3. The van der Waals surface area contributed by atoms with E-state index in [0.717, 1.165) is 19.3 Å². The lowest BCUT2D eigenvalue weighted by atomic mass is 10.1. The first-order chi connectivity index (χ1) is 19.2. The van der Waals surface area contributed by atoms with E-state index in [-0.39, 0.29) is 23.2 Å². The molecule has 40 heavy (non-hydrogen) atoms. The van der Waals surface area contributed by atoms with Crippen molar-refractivity contribution in [2.75, 3.05) is 7.11 Å². The van der Waals surface area contributed by atoms with Crippen LogP contribution < -0.4 is 18.9 Å². The summed E-state index contributed by atoms with van der Waals surface area (Å²) >= 11 is 0. The Bertz CT molecular complexity index is 1140. The summed E-state index contributed by atoms with van der Waals surface area (Å²) in [6, 6.07) is 9.43. The minimum Gasteiger partial charge on any atom is -0.497 e. The van der Waals surface area contributed by atoms with Crippen LogP contribution in [0.5, 0.6) is 23.0 Å².